The van der Waals surface area contributed by atoms with Gasteiger partial charge in [-0.05, 0) is 31.2 Å². The summed E-state index contributed by atoms with van der Waals surface area (Å²) in [5, 5.41) is 0. The molecule has 1 unspecified atom stereocenters. The van der Waals surface area contributed by atoms with Crippen molar-refractivity contribution in [3.8, 4) is 0 Å². The lowest BCUT2D eigenvalue weighted by atomic mass is 10.5. The highest BCUT2D eigenvalue weighted by Crippen LogP contribution is 2.10. The largest absolute Gasteiger partial charge is 0.411 e. The second kappa shape index (κ2) is 6.05. The Hall–Kier alpha value is 0.487. The van der Waals surface area contributed by atoms with Crippen LogP contribution in [0.2, 0.25) is 12.6 Å². The summed E-state index contributed by atoms with van der Waals surface area (Å²) in [6, 6.07) is 0.802. The highest BCUT2D eigenvalue weighted by molar-refractivity contribution is 7.80. The van der Waals surface area contributed by atoms with Crippen molar-refractivity contribution in [2.24, 2.45) is 0 Å². The third-order valence-corrected chi connectivity index (χ3v) is 3.84. The summed E-state index contributed by atoms with van der Waals surface area (Å²) in [5.41, 5.74) is 0. The highest BCUT2D eigenvalue weighted by Gasteiger charge is 2.24. The van der Waals surface area contributed by atoms with E-state index in [1.807, 2.05) is 13.5 Å². The molecule has 4 heteroatoms. The molecular formula is C7H18O2SSi. The Labute approximate surface area is 75.6 Å². The molecule has 0 aliphatic rings. The Bertz CT molecular complexity index is 88.4. The van der Waals surface area contributed by atoms with E-state index in [9.17, 15) is 4.80 Å². The smallest absolute Gasteiger partial charge is 0.332 e. The van der Waals surface area contributed by atoms with Crippen LogP contribution in [0.1, 0.15) is 19.8 Å². The summed E-state index contributed by atoms with van der Waals surface area (Å²) in [6.07, 6.45) is 1.93. The Morgan fingerprint density at radius 2 is 2.18 bits per heavy atom. The minimum Gasteiger partial charge on any atom is -0.411 e. The fourth-order valence-corrected chi connectivity index (χ4v) is 2.88. The van der Waals surface area contributed by atoms with Crippen molar-refractivity contribution in [1.82, 2.24) is 0 Å². The Morgan fingerprint density at radius 3 is 2.64 bits per heavy atom. The molecule has 68 valence electrons. The molecule has 0 aromatic rings. The van der Waals surface area contributed by atoms with E-state index in [1.165, 1.54) is 0 Å². The van der Waals surface area contributed by atoms with E-state index >= 15 is 0 Å². The summed E-state index contributed by atoms with van der Waals surface area (Å²) in [5.74, 6) is 0.832. The molecule has 0 aromatic carbocycles. The van der Waals surface area contributed by atoms with Crippen molar-refractivity contribution >= 4 is 21.2 Å². The first-order valence-electron chi connectivity index (χ1n) is 4.09. The number of rotatable bonds is 6. The zero-order valence-corrected chi connectivity index (χ0v) is 9.23. The standard InChI is InChI=1S/C7H18O2SSi/c1-3-5-9-11(2,8)7-4-6-10/h8,10H,3-7H2,1-2H3. The lowest BCUT2D eigenvalue weighted by Crippen LogP contribution is -2.34. The van der Waals surface area contributed by atoms with Crippen molar-refractivity contribution < 1.29 is 9.22 Å². The number of hydrogen-bond acceptors (Lipinski definition) is 3. The summed E-state index contributed by atoms with van der Waals surface area (Å²) in [7, 11) is -2.29. The van der Waals surface area contributed by atoms with Gasteiger partial charge in [0.1, 0.15) is 0 Å². The summed E-state index contributed by atoms with van der Waals surface area (Å²) < 4.78 is 5.34. The fourth-order valence-electron chi connectivity index (χ4n) is 0.801. The molecule has 11 heavy (non-hydrogen) atoms. The molecule has 0 aromatic heterocycles. The van der Waals surface area contributed by atoms with Gasteiger partial charge in [0.15, 0.2) is 0 Å². The van der Waals surface area contributed by atoms with E-state index in [0.29, 0.717) is 6.61 Å². The van der Waals surface area contributed by atoms with E-state index in [0.717, 1.165) is 24.6 Å². The number of thiol groups is 1. The van der Waals surface area contributed by atoms with Crippen LogP contribution < -0.4 is 0 Å². The van der Waals surface area contributed by atoms with Gasteiger partial charge >= 0.3 is 8.56 Å². The van der Waals surface area contributed by atoms with Crippen molar-refractivity contribution in [2.75, 3.05) is 12.4 Å². The second-order valence-corrected chi connectivity index (χ2v) is 6.44. The first-order valence-corrected chi connectivity index (χ1v) is 7.29. The summed E-state index contributed by atoms with van der Waals surface area (Å²) in [6.45, 7) is 4.57. The van der Waals surface area contributed by atoms with E-state index in [4.69, 9.17) is 4.43 Å². The third kappa shape index (κ3) is 6.87. The van der Waals surface area contributed by atoms with Gasteiger partial charge in [-0.3, -0.25) is 0 Å². The Morgan fingerprint density at radius 1 is 1.55 bits per heavy atom. The molecule has 0 bridgehead atoms. The molecule has 2 nitrogen and oxygen atoms in total. The van der Waals surface area contributed by atoms with Gasteiger partial charge < -0.3 is 9.22 Å². The van der Waals surface area contributed by atoms with Gasteiger partial charge in [0, 0.05) is 6.61 Å². The minimum atomic E-state index is -2.29. The molecule has 0 aliphatic heterocycles. The van der Waals surface area contributed by atoms with Gasteiger partial charge in [-0.25, -0.2) is 0 Å². The lowest BCUT2D eigenvalue weighted by Gasteiger charge is -2.19. The maximum absolute atomic E-state index is 9.66. The maximum atomic E-state index is 9.66. The minimum absolute atomic E-state index is 0.686. The van der Waals surface area contributed by atoms with E-state index < -0.39 is 8.56 Å². The van der Waals surface area contributed by atoms with Gasteiger partial charge in [-0.1, -0.05) is 6.92 Å². The molecule has 0 aliphatic carbocycles. The van der Waals surface area contributed by atoms with Crippen LogP contribution in [0.4, 0.5) is 0 Å². The SMILES string of the molecule is CCCO[Si](C)(O)CCCS. The lowest BCUT2D eigenvalue weighted by molar-refractivity contribution is 0.234. The fraction of sp³-hybridized carbons (Fsp3) is 1.00. The molecule has 1 atom stereocenters. The van der Waals surface area contributed by atoms with Crippen molar-refractivity contribution in [2.45, 2.75) is 32.4 Å². The average molecular weight is 194 g/mol. The molecular weight excluding hydrogens is 176 g/mol. The van der Waals surface area contributed by atoms with Gasteiger partial charge in [0.2, 0.25) is 0 Å². The zero-order valence-electron chi connectivity index (χ0n) is 7.34. The molecule has 0 amide bonds. The van der Waals surface area contributed by atoms with Crippen LogP contribution in [0, 0.1) is 0 Å². The van der Waals surface area contributed by atoms with Crippen molar-refractivity contribution in [3.63, 3.8) is 0 Å². The molecule has 0 saturated heterocycles. The van der Waals surface area contributed by atoms with Crippen LogP contribution >= 0.6 is 12.6 Å². The normalized spacial score (nSPS) is 16.4. The summed E-state index contributed by atoms with van der Waals surface area (Å²) >= 11 is 4.08. The predicted molar refractivity (Wildman–Crippen MR) is 53.4 cm³/mol. The van der Waals surface area contributed by atoms with Crippen molar-refractivity contribution in [1.29, 1.82) is 0 Å². The van der Waals surface area contributed by atoms with Crippen LogP contribution in [0.15, 0.2) is 0 Å². The van der Waals surface area contributed by atoms with Crippen LogP contribution in [-0.4, -0.2) is 25.7 Å². The average Bonchev–Trinajstić information content (AvgIpc) is 1.97. The highest BCUT2D eigenvalue weighted by atomic mass is 32.1. The summed E-state index contributed by atoms with van der Waals surface area (Å²) in [4.78, 5) is 9.66. The second-order valence-electron chi connectivity index (χ2n) is 2.85. The molecule has 0 rings (SSSR count). The van der Waals surface area contributed by atoms with E-state index in [1.54, 1.807) is 0 Å². The quantitative estimate of drug-likeness (QED) is 0.499. The van der Waals surface area contributed by atoms with Crippen LogP contribution in [-0.2, 0) is 4.43 Å². The topological polar surface area (TPSA) is 29.5 Å². The first-order chi connectivity index (χ1) is 5.12. The molecule has 0 radical (unpaired) electrons. The number of hydrogen-bond donors (Lipinski definition) is 2. The van der Waals surface area contributed by atoms with E-state index in [2.05, 4.69) is 12.6 Å². The maximum Gasteiger partial charge on any atom is 0.332 e. The van der Waals surface area contributed by atoms with E-state index in [-0.39, 0.29) is 0 Å². The van der Waals surface area contributed by atoms with Crippen LogP contribution in [0.3, 0.4) is 0 Å². The molecule has 0 fully saturated rings. The Balaban J connectivity index is 3.43. The van der Waals surface area contributed by atoms with Gasteiger partial charge in [0.05, 0.1) is 0 Å². The first kappa shape index (κ1) is 11.5. The van der Waals surface area contributed by atoms with Gasteiger partial charge in [-0.15, -0.1) is 0 Å². The monoisotopic (exact) mass is 194 g/mol. The molecule has 0 spiro atoms. The van der Waals surface area contributed by atoms with Crippen molar-refractivity contribution in [3.05, 3.63) is 0 Å². The third-order valence-electron chi connectivity index (χ3n) is 1.42. The molecule has 0 heterocycles. The molecule has 1 N–H and O–H groups in total. The van der Waals surface area contributed by atoms with Gasteiger partial charge in [-0.2, -0.15) is 12.6 Å². The van der Waals surface area contributed by atoms with Crippen LogP contribution in [0.25, 0.3) is 0 Å². The Kier molecular flexibility index (Phi) is 6.32. The van der Waals surface area contributed by atoms with Crippen LogP contribution in [0.5, 0.6) is 0 Å². The zero-order chi connectivity index (χ0) is 8.74. The molecule has 0 saturated carbocycles. The van der Waals surface area contributed by atoms with Gasteiger partial charge in [0.25, 0.3) is 0 Å². The predicted octanol–water partition coefficient (Wildman–Crippen LogP) is 1.80.